The van der Waals surface area contributed by atoms with Gasteiger partial charge in [-0.3, -0.25) is 9.59 Å². The number of hydrogen-bond donors (Lipinski definition) is 1. The fourth-order valence-electron chi connectivity index (χ4n) is 2.34. The molecule has 0 spiro atoms. The minimum atomic E-state index is -0.813. The topological polar surface area (TPSA) is 57.6 Å². The van der Waals surface area contributed by atoms with Crippen molar-refractivity contribution in [1.82, 2.24) is 0 Å². The maximum Gasteiger partial charge on any atom is 0.303 e. The maximum atomic E-state index is 11.6. The van der Waals surface area contributed by atoms with Gasteiger partial charge in [-0.05, 0) is 24.5 Å². The highest BCUT2D eigenvalue weighted by atomic mass is 16.4. The van der Waals surface area contributed by atoms with Crippen molar-refractivity contribution in [1.29, 1.82) is 0 Å². The minimum Gasteiger partial charge on any atom is -0.481 e. The molecular formula is C13H15NO3. The molecule has 0 aromatic heterocycles. The van der Waals surface area contributed by atoms with Crippen LogP contribution < -0.4 is 4.90 Å². The zero-order valence-corrected chi connectivity index (χ0v) is 9.99. The lowest BCUT2D eigenvalue weighted by Crippen LogP contribution is -2.21. The summed E-state index contributed by atoms with van der Waals surface area (Å²) in [5.74, 6) is -0.741. The van der Waals surface area contributed by atoms with Crippen molar-refractivity contribution in [2.24, 2.45) is 0 Å². The van der Waals surface area contributed by atoms with E-state index in [2.05, 4.69) is 0 Å². The first kappa shape index (κ1) is 11.6. The maximum absolute atomic E-state index is 11.6. The van der Waals surface area contributed by atoms with Crippen molar-refractivity contribution in [2.45, 2.75) is 26.2 Å². The molecular weight excluding hydrogens is 218 g/mol. The van der Waals surface area contributed by atoms with Crippen LogP contribution in [-0.2, 0) is 22.4 Å². The van der Waals surface area contributed by atoms with E-state index in [4.69, 9.17) is 5.11 Å². The van der Waals surface area contributed by atoms with Gasteiger partial charge < -0.3 is 10.0 Å². The minimum absolute atomic E-state index is 0.0715. The summed E-state index contributed by atoms with van der Waals surface area (Å²) in [6.45, 7) is 1.97. The average molecular weight is 233 g/mol. The van der Waals surface area contributed by atoms with Crippen molar-refractivity contribution >= 4 is 17.6 Å². The van der Waals surface area contributed by atoms with E-state index in [1.54, 1.807) is 11.9 Å². The SMILES string of the molecule is Cc1cc(CCC(=O)O)c2c(c1)CC(=O)N2C. The Hall–Kier alpha value is -1.84. The van der Waals surface area contributed by atoms with Gasteiger partial charge >= 0.3 is 5.97 Å². The fourth-order valence-corrected chi connectivity index (χ4v) is 2.34. The first-order valence-corrected chi connectivity index (χ1v) is 5.60. The molecule has 1 amide bonds. The molecule has 1 aliphatic rings. The Kier molecular flexibility index (Phi) is 2.88. The Morgan fingerprint density at radius 1 is 1.47 bits per heavy atom. The van der Waals surface area contributed by atoms with Crippen molar-refractivity contribution in [3.63, 3.8) is 0 Å². The van der Waals surface area contributed by atoms with Gasteiger partial charge in [0.05, 0.1) is 12.1 Å². The smallest absolute Gasteiger partial charge is 0.303 e. The molecule has 1 aliphatic heterocycles. The molecule has 1 aromatic carbocycles. The van der Waals surface area contributed by atoms with E-state index in [0.29, 0.717) is 12.8 Å². The molecule has 0 fully saturated rings. The summed E-state index contributed by atoms with van der Waals surface area (Å²) in [7, 11) is 1.74. The number of carboxylic acid groups (broad SMARTS) is 1. The fraction of sp³-hybridized carbons (Fsp3) is 0.385. The molecule has 0 bridgehead atoms. The van der Waals surface area contributed by atoms with E-state index < -0.39 is 5.97 Å². The third kappa shape index (κ3) is 2.16. The Bertz CT molecular complexity index is 494. The number of benzene rings is 1. The molecule has 0 aliphatic carbocycles. The van der Waals surface area contributed by atoms with Crippen LogP contribution in [0.5, 0.6) is 0 Å². The number of hydrogen-bond acceptors (Lipinski definition) is 2. The van der Waals surface area contributed by atoms with Crippen LogP contribution in [0.4, 0.5) is 5.69 Å². The van der Waals surface area contributed by atoms with Gasteiger partial charge in [0.15, 0.2) is 0 Å². The molecule has 4 heteroatoms. The molecule has 2 rings (SSSR count). The Balaban J connectivity index is 2.39. The van der Waals surface area contributed by atoms with Gasteiger partial charge in [-0.1, -0.05) is 17.7 Å². The molecule has 0 atom stereocenters. The number of aryl methyl sites for hydroxylation is 2. The van der Waals surface area contributed by atoms with Crippen LogP contribution in [0.15, 0.2) is 12.1 Å². The van der Waals surface area contributed by atoms with E-state index in [-0.39, 0.29) is 12.3 Å². The first-order chi connectivity index (χ1) is 7.99. The van der Waals surface area contributed by atoms with Crippen LogP contribution in [-0.4, -0.2) is 24.0 Å². The molecule has 0 saturated heterocycles. The van der Waals surface area contributed by atoms with Crippen LogP contribution in [0.1, 0.15) is 23.1 Å². The molecule has 90 valence electrons. The monoisotopic (exact) mass is 233 g/mol. The van der Waals surface area contributed by atoms with Gasteiger partial charge in [-0.2, -0.15) is 0 Å². The van der Waals surface area contributed by atoms with Gasteiger partial charge in [-0.15, -0.1) is 0 Å². The number of nitrogens with zero attached hydrogens (tertiary/aromatic N) is 1. The van der Waals surface area contributed by atoms with E-state index in [1.807, 2.05) is 19.1 Å². The largest absolute Gasteiger partial charge is 0.481 e. The lowest BCUT2D eigenvalue weighted by atomic mass is 10.00. The van der Waals surface area contributed by atoms with Gasteiger partial charge in [-0.25, -0.2) is 0 Å². The Labute approximate surface area is 99.9 Å². The number of aliphatic carboxylic acids is 1. The van der Waals surface area contributed by atoms with E-state index >= 15 is 0 Å². The zero-order chi connectivity index (χ0) is 12.6. The van der Waals surface area contributed by atoms with Crippen molar-refractivity contribution in [3.05, 3.63) is 28.8 Å². The number of carbonyl (C=O) groups is 2. The van der Waals surface area contributed by atoms with Crippen molar-refractivity contribution in [3.8, 4) is 0 Å². The molecule has 0 saturated carbocycles. The van der Waals surface area contributed by atoms with Gasteiger partial charge in [0.1, 0.15) is 0 Å². The van der Waals surface area contributed by atoms with Crippen molar-refractivity contribution in [2.75, 3.05) is 11.9 Å². The highest BCUT2D eigenvalue weighted by Crippen LogP contribution is 2.33. The standard InChI is InChI=1S/C13H15NO3/c1-8-5-9(3-4-12(16)17)13-10(6-8)7-11(15)14(13)2/h5-6H,3-4,7H2,1-2H3,(H,16,17). The number of carboxylic acids is 1. The predicted molar refractivity (Wildman–Crippen MR) is 64.2 cm³/mol. The molecule has 0 unspecified atom stereocenters. The number of amides is 1. The first-order valence-electron chi connectivity index (χ1n) is 5.60. The van der Waals surface area contributed by atoms with Crippen LogP contribution in [0.25, 0.3) is 0 Å². The van der Waals surface area contributed by atoms with Crippen LogP contribution in [0, 0.1) is 6.92 Å². The average Bonchev–Trinajstić information content (AvgIpc) is 2.51. The summed E-state index contributed by atoms with van der Waals surface area (Å²) in [6, 6.07) is 3.97. The highest BCUT2D eigenvalue weighted by molar-refractivity contribution is 6.02. The lowest BCUT2D eigenvalue weighted by molar-refractivity contribution is -0.137. The second-order valence-corrected chi connectivity index (χ2v) is 4.46. The summed E-state index contributed by atoms with van der Waals surface area (Å²) in [5, 5.41) is 8.73. The second kappa shape index (κ2) is 4.20. The number of rotatable bonds is 3. The Morgan fingerprint density at radius 3 is 2.82 bits per heavy atom. The van der Waals surface area contributed by atoms with Gasteiger partial charge in [0, 0.05) is 13.5 Å². The van der Waals surface area contributed by atoms with Gasteiger partial charge in [0.25, 0.3) is 0 Å². The highest BCUT2D eigenvalue weighted by Gasteiger charge is 2.26. The number of likely N-dealkylation sites (N-methyl/N-ethyl adjacent to an activating group) is 1. The van der Waals surface area contributed by atoms with Crippen LogP contribution in [0.2, 0.25) is 0 Å². The number of fused-ring (bicyclic) bond motifs is 1. The molecule has 1 N–H and O–H groups in total. The predicted octanol–water partition coefficient (Wildman–Crippen LogP) is 1.53. The molecule has 0 radical (unpaired) electrons. The molecule has 1 heterocycles. The zero-order valence-electron chi connectivity index (χ0n) is 9.99. The summed E-state index contributed by atoms with van der Waals surface area (Å²) >= 11 is 0. The molecule has 17 heavy (non-hydrogen) atoms. The summed E-state index contributed by atoms with van der Waals surface area (Å²) < 4.78 is 0. The second-order valence-electron chi connectivity index (χ2n) is 4.46. The van der Waals surface area contributed by atoms with Gasteiger partial charge in [0.2, 0.25) is 5.91 Å². The van der Waals surface area contributed by atoms with Crippen LogP contribution >= 0.6 is 0 Å². The summed E-state index contributed by atoms with van der Waals surface area (Å²) in [6.07, 6.45) is 0.989. The van der Waals surface area contributed by atoms with E-state index in [9.17, 15) is 9.59 Å². The molecule has 4 nitrogen and oxygen atoms in total. The number of anilines is 1. The van der Waals surface area contributed by atoms with E-state index in [0.717, 1.165) is 22.4 Å². The van der Waals surface area contributed by atoms with E-state index in [1.165, 1.54) is 0 Å². The van der Waals surface area contributed by atoms with Crippen molar-refractivity contribution < 1.29 is 14.7 Å². The third-order valence-corrected chi connectivity index (χ3v) is 3.07. The lowest BCUT2D eigenvalue weighted by Gasteiger charge is -2.15. The quantitative estimate of drug-likeness (QED) is 0.861. The summed E-state index contributed by atoms with van der Waals surface area (Å²) in [5.41, 5.74) is 3.95. The molecule has 1 aromatic rings. The number of carbonyl (C=O) groups excluding carboxylic acids is 1. The van der Waals surface area contributed by atoms with Crippen LogP contribution in [0.3, 0.4) is 0 Å². The normalized spacial score (nSPS) is 14.0. The third-order valence-electron chi connectivity index (χ3n) is 3.07. The summed E-state index contributed by atoms with van der Waals surface area (Å²) in [4.78, 5) is 23.9. The Morgan fingerprint density at radius 2 is 2.18 bits per heavy atom.